The van der Waals surface area contributed by atoms with Gasteiger partial charge >= 0.3 is 6.18 Å². The number of halogens is 4. The Kier molecular flexibility index (Phi) is 3.50. The summed E-state index contributed by atoms with van der Waals surface area (Å²) in [5, 5.41) is 2.66. The van der Waals surface area contributed by atoms with Crippen LogP contribution in [-0.4, -0.2) is 0 Å². The van der Waals surface area contributed by atoms with Crippen molar-refractivity contribution in [3.63, 3.8) is 0 Å². The minimum absolute atomic E-state index is 0.210. The first-order valence-electron chi connectivity index (χ1n) is 5.54. The average Bonchev–Trinajstić information content (AvgIpc) is 2.84. The van der Waals surface area contributed by atoms with Crippen LogP contribution in [0.5, 0.6) is 0 Å². The van der Waals surface area contributed by atoms with E-state index in [4.69, 9.17) is 4.42 Å². The largest absolute Gasteiger partial charge is 0.467 e. The topological polar surface area (TPSA) is 25.2 Å². The number of furan rings is 1. The molecule has 0 radical (unpaired) electrons. The van der Waals surface area contributed by atoms with Gasteiger partial charge in [0, 0.05) is 0 Å². The number of alkyl halides is 3. The van der Waals surface area contributed by atoms with Gasteiger partial charge in [0.1, 0.15) is 11.6 Å². The fraction of sp³-hybridized carbons (Fsp3) is 0.231. The van der Waals surface area contributed by atoms with Crippen molar-refractivity contribution in [2.75, 3.05) is 5.32 Å². The van der Waals surface area contributed by atoms with E-state index < -0.39 is 23.6 Å². The summed E-state index contributed by atoms with van der Waals surface area (Å²) in [4.78, 5) is 0. The van der Waals surface area contributed by atoms with Crippen LogP contribution in [0.2, 0.25) is 0 Å². The highest BCUT2D eigenvalue weighted by Crippen LogP contribution is 2.32. The van der Waals surface area contributed by atoms with Gasteiger partial charge in [-0.25, -0.2) is 4.39 Å². The monoisotopic (exact) mass is 273 g/mol. The summed E-state index contributed by atoms with van der Waals surface area (Å²) in [6.45, 7) is 1.67. The minimum atomic E-state index is -4.50. The Morgan fingerprint density at radius 3 is 2.53 bits per heavy atom. The van der Waals surface area contributed by atoms with Crippen LogP contribution in [0, 0.1) is 5.82 Å². The summed E-state index contributed by atoms with van der Waals surface area (Å²) in [5.74, 6) is -0.233. The first-order chi connectivity index (χ1) is 8.88. The number of rotatable bonds is 3. The van der Waals surface area contributed by atoms with Gasteiger partial charge in [-0.15, -0.1) is 0 Å². The fourth-order valence-electron chi connectivity index (χ4n) is 1.65. The number of benzene rings is 1. The van der Waals surface area contributed by atoms with E-state index in [0.717, 1.165) is 12.1 Å². The highest BCUT2D eigenvalue weighted by Gasteiger charge is 2.31. The van der Waals surface area contributed by atoms with Gasteiger partial charge in [0.2, 0.25) is 0 Å². The summed E-state index contributed by atoms with van der Waals surface area (Å²) >= 11 is 0. The molecular weight excluding hydrogens is 262 g/mol. The van der Waals surface area contributed by atoms with Crippen LogP contribution in [0.25, 0.3) is 0 Å². The third-order valence-corrected chi connectivity index (χ3v) is 2.64. The minimum Gasteiger partial charge on any atom is -0.467 e. The van der Waals surface area contributed by atoms with Gasteiger partial charge < -0.3 is 9.73 Å². The maximum Gasteiger partial charge on any atom is 0.416 e. The lowest BCUT2D eigenvalue weighted by molar-refractivity contribution is -0.137. The fourth-order valence-corrected chi connectivity index (χ4v) is 1.65. The molecule has 6 heteroatoms. The van der Waals surface area contributed by atoms with E-state index in [9.17, 15) is 17.6 Å². The Balaban J connectivity index is 2.25. The Labute approximate surface area is 107 Å². The molecular formula is C13H11F4NO. The van der Waals surface area contributed by atoms with Gasteiger partial charge in [-0.3, -0.25) is 0 Å². The van der Waals surface area contributed by atoms with Crippen LogP contribution in [0.4, 0.5) is 23.2 Å². The van der Waals surface area contributed by atoms with E-state index in [1.807, 2.05) is 0 Å². The Morgan fingerprint density at radius 2 is 1.95 bits per heavy atom. The van der Waals surface area contributed by atoms with Crippen LogP contribution >= 0.6 is 0 Å². The van der Waals surface area contributed by atoms with Gasteiger partial charge in [-0.2, -0.15) is 13.2 Å². The number of hydrogen-bond acceptors (Lipinski definition) is 2. The molecule has 1 heterocycles. The Hall–Kier alpha value is -1.98. The van der Waals surface area contributed by atoms with Gasteiger partial charge in [0.05, 0.1) is 23.6 Å². The van der Waals surface area contributed by atoms with Gasteiger partial charge in [-0.05, 0) is 37.3 Å². The van der Waals surface area contributed by atoms with Crippen molar-refractivity contribution in [3.05, 3.63) is 53.7 Å². The number of hydrogen-bond donors (Lipinski definition) is 1. The van der Waals surface area contributed by atoms with Crippen LogP contribution < -0.4 is 5.32 Å². The molecule has 0 bridgehead atoms. The number of anilines is 1. The van der Waals surface area contributed by atoms with Crippen molar-refractivity contribution in [1.29, 1.82) is 0 Å². The molecule has 1 atom stereocenters. The van der Waals surface area contributed by atoms with Gasteiger partial charge in [-0.1, -0.05) is 0 Å². The predicted molar refractivity (Wildman–Crippen MR) is 62.1 cm³/mol. The molecule has 1 N–H and O–H groups in total. The molecule has 2 aromatic rings. The zero-order chi connectivity index (χ0) is 14.0. The molecule has 0 saturated carbocycles. The van der Waals surface area contributed by atoms with Crippen LogP contribution in [0.1, 0.15) is 24.3 Å². The van der Waals surface area contributed by atoms with Crippen molar-refractivity contribution < 1.29 is 22.0 Å². The van der Waals surface area contributed by atoms with E-state index >= 15 is 0 Å². The van der Waals surface area contributed by atoms with Crippen LogP contribution in [0.15, 0.2) is 41.0 Å². The van der Waals surface area contributed by atoms with Gasteiger partial charge in [0.25, 0.3) is 0 Å². The second-order valence-corrected chi connectivity index (χ2v) is 4.07. The van der Waals surface area contributed by atoms with E-state index in [1.54, 1.807) is 19.1 Å². The van der Waals surface area contributed by atoms with E-state index in [1.165, 1.54) is 6.26 Å². The van der Waals surface area contributed by atoms with Gasteiger partial charge in [0.15, 0.2) is 0 Å². The molecule has 0 aliphatic rings. The van der Waals surface area contributed by atoms with Crippen LogP contribution in [0.3, 0.4) is 0 Å². The van der Waals surface area contributed by atoms with Crippen LogP contribution in [-0.2, 0) is 6.18 Å². The van der Waals surface area contributed by atoms with Crippen molar-refractivity contribution in [3.8, 4) is 0 Å². The maximum absolute atomic E-state index is 13.5. The standard InChI is InChI=1S/C13H11F4NO/c1-8(12-3-2-6-19-12)18-11-7-9(13(15,16)17)4-5-10(11)14/h2-8,18H,1H3. The molecule has 1 aromatic carbocycles. The summed E-state index contributed by atoms with van der Waals surface area (Å²) in [6.07, 6.45) is -3.06. The lowest BCUT2D eigenvalue weighted by Gasteiger charge is -2.15. The normalized spacial score (nSPS) is 13.3. The third kappa shape index (κ3) is 3.07. The highest BCUT2D eigenvalue weighted by molar-refractivity contribution is 5.49. The molecule has 0 aliphatic carbocycles. The molecule has 1 unspecified atom stereocenters. The maximum atomic E-state index is 13.5. The number of nitrogens with one attached hydrogen (secondary N) is 1. The molecule has 0 amide bonds. The van der Waals surface area contributed by atoms with Crippen molar-refractivity contribution >= 4 is 5.69 Å². The predicted octanol–water partition coefficient (Wildman–Crippen LogP) is 4.61. The SMILES string of the molecule is CC(Nc1cc(C(F)(F)F)ccc1F)c1ccco1. The molecule has 102 valence electrons. The summed E-state index contributed by atoms with van der Waals surface area (Å²) in [7, 11) is 0. The smallest absolute Gasteiger partial charge is 0.416 e. The quantitative estimate of drug-likeness (QED) is 0.826. The molecule has 19 heavy (non-hydrogen) atoms. The molecule has 0 saturated heterocycles. The van der Waals surface area contributed by atoms with Crippen molar-refractivity contribution in [2.45, 2.75) is 19.1 Å². The lowest BCUT2D eigenvalue weighted by Crippen LogP contribution is -2.10. The summed E-state index contributed by atoms with van der Waals surface area (Å²) in [5.41, 5.74) is -1.11. The van der Waals surface area contributed by atoms with E-state index in [-0.39, 0.29) is 5.69 Å². The first kappa shape index (κ1) is 13.5. The van der Waals surface area contributed by atoms with E-state index in [2.05, 4.69) is 5.32 Å². The highest BCUT2D eigenvalue weighted by atomic mass is 19.4. The average molecular weight is 273 g/mol. The van der Waals surface area contributed by atoms with Crippen molar-refractivity contribution in [1.82, 2.24) is 0 Å². The molecule has 1 aromatic heterocycles. The zero-order valence-corrected chi connectivity index (χ0v) is 9.96. The second-order valence-electron chi connectivity index (χ2n) is 4.07. The molecule has 0 fully saturated rings. The molecule has 0 spiro atoms. The Morgan fingerprint density at radius 1 is 1.21 bits per heavy atom. The third-order valence-electron chi connectivity index (χ3n) is 2.64. The lowest BCUT2D eigenvalue weighted by atomic mass is 10.1. The Bertz CT molecular complexity index is 548. The molecule has 2 rings (SSSR count). The van der Waals surface area contributed by atoms with Crippen molar-refractivity contribution in [2.24, 2.45) is 0 Å². The van der Waals surface area contributed by atoms with E-state index in [0.29, 0.717) is 11.8 Å². The zero-order valence-electron chi connectivity index (χ0n) is 9.96. The molecule has 0 aliphatic heterocycles. The molecule has 2 nitrogen and oxygen atoms in total. The summed E-state index contributed by atoms with van der Waals surface area (Å²) < 4.78 is 56.2. The first-order valence-corrected chi connectivity index (χ1v) is 5.54. The summed E-state index contributed by atoms with van der Waals surface area (Å²) in [6, 6.07) is 5.11. The second kappa shape index (κ2) is 4.95.